The molecule has 1 fully saturated rings. The Morgan fingerprint density at radius 3 is 2.86 bits per heavy atom. The average Bonchev–Trinajstić information content (AvgIpc) is 2.94. The number of hydrogen-bond donors (Lipinski definition) is 3. The summed E-state index contributed by atoms with van der Waals surface area (Å²) in [6.45, 7) is 0.806. The van der Waals surface area contributed by atoms with Crippen molar-refractivity contribution in [3.05, 3.63) is 23.5 Å². The lowest BCUT2D eigenvalue weighted by molar-refractivity contribution is -0.118. The molecule has 0 spiro atoms. The maximum atomic E-state index is 14.0. The van der Waals surface area contributed by atoms with Crippen molar-refractivity contribution >= 4 is 35.6 Å². The number of halogens is 2. The van der Waals surface area contributed by atoms with E-state index in [1.54, 1.807) is 0 Å². The Bertz CT molecular complexity index is 574. The van der Waals surface area contributed by atoms with Crippen molar-refractivity contribution in [2.24, 2.45) is 0 Å². The number of benzene rings is 1. The van der Waals surface area contributed by atoms with Crippen molar-refractivity contribution in [1.82, 2.24) is 5.32 Å². The van der Waals surface area contributed by atoms with Gasteiger partial charge in [-0.15, -0.1) is 12.4 Å². The van der Waals surface area contributed by atoms with Gasteiger partial charge >= 0.3 is 0 Å². The highest BCUT2D eigenvalue weighted by atomic mass is 35.5. The van der Waals surface area contributed by atoms with Gasteiger partial charge in [-0.1, -0.05) is 0 Å². The standard InChI is InChI=1S/C14H16FN3O2.ClH/c15-9-6-8-3-4-13(19)17-11(8)7-12(9)18-14(20)10-2-1-5-16-10;/h6-7,10,16H,1-5H2,(H,17,19)(H,18,20);1H. The quantitative estimate of drug-likeness (QED) is 0.780. The van der Waals surface area contributed by atoms with E-state index in [0.717, 1.165) is 24.9 Å². The van der Waals surface area contributed by atoms with Crippen molar-refractivity contribution in [3.8, 4) is 0 Å². The molecule has 1 aromatic carbocycles. The first-order valence-electron chi connectivity index (χ1n) is 6.80. The molecule has 1 unspecified atom stereocenters. The molecule has 0 radical (unpaired) electrons. The first-order chi connectivity index (χ1) is 9.63. The molecule has 0 bridgehead atoms. The number of hydrogen-bond acceptors (Lipinski definition) is 3. The number of anilines is 2. The van der Waals surface area contributed by atoms with Gasteiger partial charge in [0.1, 0.15) is 5.82 Å². The van der Waals surface area contributed by atoms with E-state index < -0.39 is 5.82 Å². The highest BCUT2D eigenvalue weighted by Gasteiger charge is 2.24. The number of aryl methyl sites for hydroxylation is 1. The zero-order valence-corrected chi connectivity index (χ0v) is 12.2. The van der Waals surface area contributed by atoms with Crippen LogP contribution in [0.5, 0.6) is 0 Å². The van der Waals surface area contributed by atoms with Crippen LogP contribution in [0.1, 0.15) is 24.8 Å². The molecule has 0 aromatic heterocycles. The van der Waals surface area contributed by atoms with Crippen LogP contribution in [-0.4, -0.2) is 24.4 Å². The second-order valence-electron chi connectivity index (χ2n) is 5.18. The van der Waals surface area contributed by atoms with E-state index in [2.05, 4.69) is 16.0 Å². The fourth-order valence-corrected chi connectivity index (χ4v) is 2.62. The summed E-state index contributed by atoms with van der Waals surface area (Å²) in [5.41, 5.74) is 1.46. The van der Waals surface area contributed by atoms with Gasteiger partial charge in [0.2, 0.25) is 11.8 Å². The second-order valence-corrected chi connectivity index (χ2v) is 5.18. The van der Waals surface area contributed by atoms with Crippen LogP contribution < -0.4 is 16.0 Å². The molecule has 114 valence electrons. The fourth-order valence-electron chi connectivity index (χ4n) is 2.62. The number of carbonyl (C=O) groups is 2. The van der Waals surface area contributed by atoms with Crippen LogP contribution in [0, 0.1) is 5.82 Å². The zero-order chi connectivity index (χ0) is 14.1. The number of nitrogens with one attached hydrogen (secondary N) is 3. The molecule has 2 aliphatic heterocycles. The molecule has 2 amide bonds. The molecule has 5 nitrogen and oxygen atoms in total. The zero-order valence-electron chi connectivity index (χ0n) is 11.4. The van der Waals surface area contributed by atoms with Gasteiger partial charge in [-0.05, 0) is 43.5 Å². The number of carbonyl (C=O) groups excluding carboxylic acids is 2. The summed E-state index contributed by atoms with van der Waals surface area (Å²) in [5, 5.41) is 8.35. The maximum Gasteiger partial charge on any atom is 0.241 e. The molecule has 1 atom stereocenters. The summed E-state index contributed by atoms with van der Waals surface area (Å²) < 4.78 is 14.0. The first kappa shape index (κ1) is 15.7. The minimum absolute atomic E-state index is 0. The third-order valence-electron chi connectivity index (χ3n) is 3.72. The van der Waals surface area contributed by atoms with E-state index >= 15 is 0 Å². The minimum atomic E-state index is -0.466. The monoisotopic (exact) mass is 313 g/mol. The molecule has 0 aliphatic carbocycles. The van der Waals surface area contributed by atoms with E-state index in [0.29, 0.717) is 18.5 Å². The highest BCUT2D eigenvalue weighted by molar-refractivity contribution is 5.98. The maximum absolute atomic E-state index is 14.0. The molecule has 3 N–H and O–H groups in total. The third-order valence-corrected chi connectivity index (χ3v) is 3.72. The summed E-state index contributed by atoms with van der Waals surface area (Å²) in [4.78, 5) is 23.3. The molecule has 7 heteroatoms. The van der Waals surface area contributed by atoms with Crippen LogP contribution in [0.15, 0.2) is 12.1 Å². The van der Waals surface area contributed by atoms with Crippen LogP contribution in [0.2, 0.25) is 0 Å². The second kappa shape index (κ2) is 6.41. The topological polar surface area (TPSA) is 70.2 Å². The van der Waals surface area contributed by atoms with E-state index in [1.165, 1.54) is 12.1 Å². The Kier molecular flexibility index (Phi) is 4.80. The Balaban J connectivity index is 0.00000161. The molecular weight excluding hydrogens is 297 g/mol. The summed E-state index contributed by atoms with van der Waals surface area (Å²) in [7, 11) is 0. The van der Waals surface area contributed by atoms with Crippen LogP contribution in [0.3, 0.4) is 0 Å². The molecule has 2 aliphatic rings. The van der Waals surface area contributed by atoms with Crippen molar-refractivity contribution < 1.29 is 14.0 Å². The first-order valence-corrected chi connectivity index (χ1v) is 6.80. The Morgan fingerprint density at radius 1 is 1.33 bits per heavy atom. The minimum Gasteiger partial charge on any atom is -0.326 e. The van der Waals surface area contributed by atoms with E-state index in [1.807, 2.05) is 0 Å². The number of fused-ring (bicyclic) bond motifs is 1. The molecular formula is C14H17ClFN3O2. The Morgan fingerprint density at radius 2 is 2.14 bits per heavy atom. The molecule has 0 saturated carbocycles. The van der Waals surface area contributed by atoms with Crippen LogP contribution in [0.25, 0.3) is 0 Å². The van der Waals surface area contributed by atoms with Gasteiger partial charge in [-0.2, -0.15) is 0 Å². The normalized spacial score (nSPS) is 20.2. The SMILES string of the molecule is Cl.O=C1CCc2cc(F)c(NC(=O)C3CCCN3)cc2N1. The van der Waals surface area contributed by atoms with Crippen molar-refractivity contribution in [2.75, 3.05) is 17.2 Å². The van der Waals surface area contributed by atoms with Gasteiger partial charge in [0.05, 0.1) is 11.7 Å². The predicted molar refractivity (Wildman–Crippen MR) is 80.3 cm³/mol. The molecule has 3 rings (SSSR count). The van der Waals surface area contributed by atoms with Crippen molar-refractivity contribution in [3.63, 3.8) is 0 Å². The van der Waals surface area contributed by atoms with Crippen LogP contribution >= 0.6 is 12.4 Å². The summed E-state index contributed by atoms with van der Waals surface area (Å²) >= 11 is 0. The van der Waals surface area contributed by atoms with Gasteiger partial charge in [-0.25, -0.2) is 4.39 Å². The van der Waals surface area contributed by atoms with Crippen LogP contribution in [-0.2, 0) is 16.0 Å². The van der Waals surface area contributed by atoms with Gasteiger partial charge in [-0.3, -0.25) is 9.59 Å². The number of amides is 2. The van der Waals surface area contributed by atoms with E-state index in [4.69, 9.17) is 0 Å². The molecule has 1 aromatic rings. The third kappa shape index (κ3) is 3.33. The lowest BCUT2D eigenvalue weighted by Gasteiger charge is -2.19. The van der Waals surface area contributed by atoms with Crippen molar-refractivity contribution in [1.29, 1.82) is 0 Å². The van der Waals surface area contributed by atoms with Gasteiger partial charge in [0, 0.05) is 12.1 Å². The van der Waals surface area contributed by atoms with Gasteiger partial charge in [0.15, 0.2) is 0 Å². The smallest absolute Gasteiger partial charge is 0.241 e. The Hall–Kier alpha value is -1.66. The highest BCUT2D eigenvalue weighted by Crippen LogP contribution is 2.28. The number of rotatable bonds is 2. The van der Waals surface area contributed by atoms with E-state index in [-0.39, 0.29) is 36.0 Å². The van der Waals surface area contributed by atoms with Gasteiger partial charge in [0.25, 0.3) is 0 Å². The summed E-state index contributed by atoms with van der Waals surface area (Å²) in [6.07, 6.45) is 2.59. The molecule has 21 heavy (non-hydrogen) atoms. The van der Waals surface area contributed by atoms with E-state index in [9.17, 15) is 14.0 Å². The molecule has 2 heterocycles. The largest absolute Gasteiger partial charge is 0.326 e. The fraction of sp³-hybridized carbons (Fsp3) is 0.429. The summed E-state index contributed by atoms with van der Waals surface area (Å²) in [6, 6.07) is 2.61. The van der Waals surface area contributed by atoms with Crippen LogP contribution in [0.4, 0.5) is 15.8 Å². The predicted octanol–water partition coefficient (Wildman–Crippen LogP) is 1.82. The van der Waals surface area contributed by atoms with Gasteiger partial charge < -0.3 is 16.0 Å². The lowest BCUT2D eigenvalue weighted by Crippen LogP contribution is -2.35. The van der Waals surface area contributed by atoms with Crippen molar-refractivity contribution in [2.45, 2.75) is 31.7 Å². The molecule has 1 saturated heterocycles. The average molecular weight is 314 g/mol. The Labute approximate surface area is 128 Å². The summed E-state index contributed by atoms with van der Waals surface area (Å²) in [5.74, 6) is -0.784. The lowest BCUT2D eigenvalue weighted by atomic mass is 10.0.